The molecule has 94 valence electrons. The minimum Gasteiger partial charge on any atom is -0.496 e. The molecular formula is C14H17N3O. The third kappa shape index (κ3) is 1.74. The molecule has 0 saturated heterocycles. The maximum absolute atomic E-state index is 5.44. The lowest BCUT2D eigenvalue weighted by molar-refractivity contribution is 0.410. The molecular weight excluding hydrogens is 226 g/mol. The molecule has 0 fully saturated rings. The van der Waals surface area contributed by atoms with E-state index in [9.17, 15) is 0 Å². The molecule has 1 N–H and O–H groups in total. The second kappa shape index (κ2) is 4.37. The summed E-state index contributed by atoms with van der Waals surface area (Å²) in [5.41, 5.74) is 3.72. The van der Waals surface area contributed by atoms with Crippen molar-refractivity contribution in [3.8, 4) is 5.75 Å². The fourth-order valence-corrected chi connectivity index (χ4v) is 2.66. The summed E-state index contributed by atoms with van der Waals surface area (Å²) in [5.74, 6) is 0.992. The monoisotopic (exact) mass is 243 g/mol. The Morgan fingerprint density at radius 1 is 1.50 bits per heavy atom. The van der Waals surface area contributed by atoms with E-state index in [1.54, 1.807) is 13.4 Å². The lowest BCUT2D eigenvalue weighted by Crippen LogP contribution is -2.28. The summed E-state index contributed by atoms with van der Waals surface area (Å²) in [4.78, 5) is 9.63. The fourth-order valence-electron chi connectivity index (χ4n) is 2.66. The summed E-state index contributed by atoms with van der Waals surface area (Å²) in [6.07, 6.45) is 4.64. The molecule has 2 heterocycles. The number of nitrogens with zero attached hydrogens (tertiary/aromatic N) is 2. The summed E-state index contributed by atoms with van der Waals surface area (Å²) in [6.45, 7) is 3.11. The average Bonchev–Trinajstić information content (AvgIpc) is 2.99. The predicted molar refractivity (Wildman–Crippen MR) is 70.9 cm³/mol. The van der Waals surface area contributed by atoms with Crippen molar-refractivity contribution in [2.45, 2.75) is 25.9 Å². The summed E-state index contributed by atoms with van der Waals surface area (Å²) in [7, 11) is 1.73. The van der Waals surface area contributed by atoms with Crippen LogP contribution in [0.5, 0.6) is 5.75 Å². The number of aromatic amines is 1. The molecule has 1 atom stereocenters. The van der Waals surface area contributed by atoms with Crippen molar-refractivity contribution in [1.29, 1.82) is 0 Å². The summed E-state index contributed by atoms with van der Waals surface area (Å²) in [5, 5.41) is 0. The zero-order valence-corrected chi connectivity index (χ0v) is 10.7. The highest BCUT2D eigenvalue weighted by Crippen LogP contribution is 2.38. The Hall–Kier alpha value is -1.97. The van der Waals surface area contributed by atoms with Gasteiger partial charge in [0.2, 0.25) is 0 Å². The molecule has 0 aliphatic carbocycles. The number of methoxy groups -OCH3 is 1. The number of aromatic nitrogens is 2. The summed E-state index contributed by atoms with van der Waals surface area (Å²) >= 11 is 0. The van der Waals surface area contributed by atoms with E-state index >= 15 is 0 Å². The number of H-pyrrole nitrogens is 1. The Kier molecular flexibility index (Phi) is 2.70. The fraction of sp³-hybridized carbons (Fsp3) is 0.357. The first kappa shape index (κ1) is 11.1. The number of imidazole rings is 1. The number of hydrogen-bond acceptors (Lipinski definition) is 3. The van der Waals surface area contributed by atoms with Gasteiger partial charge in [-0.1, -0.05) is 6.07 Å². The Morgan fingerprint density at radius 2 is 2.39 bits per heavy atom. The SMILES string of the molecule is COc1cccc2c1CC(C)N2Cc1cnc[nH]1. The van der Waals surface area contributed by atoms with Gasteiger partial charge in [-0.05, 0) is 25.5 Å². The number of hydrogen-bond donors (Lipinski definition) is 1. The zero-order valence-electron chi connectivity index (χ0n) is 10.7. The number of nitrogens with one attached hydrogen (secondary N) is 1. The van der Waals surface area contributed by atoms with Crippen LogP contribution in [0.15, 0.2) is 30.7 Å². The van der Waals surface area contributed by atoms with Crippen LogP contribution in [0.4, 0.5) is 5.69 Å². The molecule has 1 aromatic carbocycles. The summed E-state index contributed by atoms with van der Waals surface area (Å²) < 4.78 is 5.44. The van der Waals surface area contributed by atoms with Gasteiger partial charge in [0.25, 0.3) is 0 Å². The van der Waals surface area contributed by atoms with Crippen LogP contribution in [0.3, 0.4) is 0 Å². The molecule has 0 spiro atoms. The third-order valence-corrected chi connectivity index (χ3v) is 3.56. The molecule has 0 amide bonds. The van der Waals surface area contributed by atoms with Gasteiger partial charge in [0.15, 0.2) is 0 Å². The molecule has 3 rings (SSSR count). The number of fused-ring (bicyclic) bond motifs is 1. The van der Waals surface area contributed by atoms with Crippen molar-refractivity contribution in [3.05, 3.63) is 42.0 Å². The lowest BCUT2D eigenvalue weighted by Gasteiger charge is -2.24. The normalized spacial score (nSPS) is 17.9. The second-order valence-corrected chi connectivity index (χ2v) is 4.72. The van der Waals surface area contributed by atoms with Gasteiger partial charge in [0, 0.05) is 23.5 Å². The minimum atomic E-state index is 0.486. The van der Waals surface area contributed by atoms with Gasteiger partial charge < -0.3 is 14.6 Å². The molecule has 0 radical (unpaired) electrons. The average molecular weight is 243 g/mol. The predicted octanol–water partition coefficient (Wildman–Crippen LogP) is 2.37. The van der Waals surface area contributed by atoms with Crippen molar-refractivity contribution in [3.63, 3.8) is 0 Å². The highest BCUT2D eigenvalue weighted by molar-refractivity contribution is 5.64. The van der Waals surface area contributed by atoms with Crippen LogP contribution in [-0.2, 0) is 13.0 Å². The first-order chi connectivity index (χ1) is 8.79. The zero-order chi connectivity index (χ0) is 12.5. The number of benzene rings is 1. The smallest absolute Gasteiger partial charge is 0.124 e. The van der Waals surface area contributed by atoms with Crippen LogP contribution in [0.2, 0.25) is 0 Å². The first-order valence-corrected chi connectivity index (χ1v) is 6.19. The van der Waals surface area contributed by atoms with Gasteiger partial charge in [-0.15, -0.1) is 0 Å². The van der Waals surface area contributed by atoms with Crippen LogP contribution in [0.25, 0.3) is 0 Å². The molecule has 1 aliphatic rings. The Balaban J connectivity index is 1.94. The van der Waals surface area contributed by atoms with Crippen LogP contribution in [0, 0.1) is 0 Å². The van der Waals surface area contributed by atoms with E-state index in [4.69, 9.17) is 4.74 Å². The van der Waals surface area contributed by atoms with Gasteiger partial charge in [-0.25, -0.2) is 4.98 Å². The van der Waals surface area contributed by atoms with Crippen molar-refractivity contribution >= 4 is 5.69 Å². The second-order valence-electron chi connectivity index (χ2n) is 4.72. The van der Waals surface area contributed by atoms with Crippen LogP contribution >= 0.6 is 0 Å². The van der Waals surface area contributed by atoms with Gasteiger partial charge in [0.1, 0.15) is 5.75 Å². The Bertz CT molecular complexity index is 536. The molecule has 1 aromatic heterocycles. The lowest BCUT2D eigenvalue weighted by atomic mass is 10.1. The Morgan fingerprint density at radius 3 is 3.11 bits per heavy atom. The quantitative estimate of drug-likeness (QED) is 0.899. The van der Waals surface area contributed by atoms with E-state index in [-0.39, 0.29) is 0 Å². The molecule has 18 heavy (non-hydrogen) atoms. The molecule has 2 aromatic rings. The first-order valence-electron chi connectivity index (χ1n) is 6.19. The molecule has 4 nitrogen and oxygen atoms in total. The van der Waals surface area contributed by atoms with Gasteiger partial charge in [-0.2, -0.15) is 0 Å². The van der Waals surface area contributed by atoms with Gasteiger partial charge in [0.05, 0.1) is 25.7 Å². The highest BCUT2D eigenvalue weighted by Gasteiger charge is 2.28. The number of rotatable bonds is 3. The van der Waals surface area contributed by atoms with E-state index in [1.807, 2.05) is 12.3 Å². The highest BCUT2D eigenvalue weighted by atomic mass is 16.5. The van der Waals surface area contributed by atoms with E-state index in [0.29, 0.717) is 6.04 Å². The van der Waals surface area contributed by atoms with Gasteiger partial charge in [-0.3, -0.25) is 0 Å². The van der Waals surface area contributed by atoms with Gasteiger partial charge >= 0.3 is 0 Å². The molecule has 1 unspecified atom stereocenters. The molecule has 4 heteroatoms. The number of anilines is 1. The van der Waals surface area contributed by atoms with Crippen molar-refractivity contribution in [2.75, 3.05) is 12.0 Å². The topological polar surface area (TPSA) is 41.1 Å². The summed E-state index contributed by atoms with van der Waals surface area (Å²) in [6, 6.07) is 6.73. The molecule has 1 aliphatic heterocycles. The number of ether oxygens (including phenoxy) is 1. The molecule has 0 bridgehead atoms. The largest absolute Gasteiger partial charge is 0.496 e. The third-order valence-electron chi connectivity index (χ3n) is 3.56. The van der Waals surface area contributed by atoms with Crippen LogP contribution in [-0.4, -0.2) is 23.1 Å². The Labute approximate surface area is 107 Å². The standard InChI is InChI=1S/C14H17N3O/c1-10-6-12-13(4-3-5-14(12)18-2)17(10)8-11-7-15-9-16-11/h3-5,7,9-10H,6,8H2,1-2H3,(H,15,16). The van der Waals surface area contributed by atoms with Crippen molar-refractivity contribution in [2.24, 2.45) is 0 Å². The van der Waals surface area contributed by atoms with Crippen LogP contribution < -0.4 is 9.64 Å². The van der Waals surface area contributed by atoms with E-state index in [2.05, 4.69) is 33.9 Å². The van der Waals surface area contributed by atoms with E-state index in [1.165, 1.54) is 11.3 Å². The minimum absolute atomic E-state index is 0.486. The maximum atomic E-state index is 5.44. The van der Waals surface area contributed by atoms with E-state index in [0.717, 1.165) is 24.4 Å². The van der Waals surface area contributed by atoms with E-state index < -0.39 is 0 Å². The van der Waals surface area contributed by atoms with Crippen molar-refractivity contribution in [1.82, 2.24) is 9.97 Å². The van der Waals surface area contributed by atoms with Crippen LogP contribution in [0.1, 0.15) is 18.2 Å². The maximum Gasteiger partial charge on any atom is 0.124 e. The molecule has 0 saturated carbocycles. The van der Waals surface area contributed by atoms with Crippen molar-refractivity contribution < 1.29 is 4.74 Å².